The maximum atomic E-state index is 12.4. The Morgan fingerprint density at radius 1 is 1.19 bits per heavy atom. The zero-order valence-electron chi connectivity index (χ0n) is 15.2. The van der Waals surface area contributed by atoms with Crippen molar-refractivity contribution < 1.29 is 19.1 Å². The maximum Gasteiger partial charge on any atom is 0.343 e. The minimum atomic E-state index is -0.448. The number of nitrogens with zero attached hydrogens (tertiary/aromatic N) is 1. The zero-order valence-corrected chi connectivity index (χ0v) is 15.2. The van der Waals surface area contributed by atoms with Crippen LogP contribution in [0.5, 0.6) is 5.75 Å². The first-order chi connectivity index (χ1) is 13.1. The van der Waals surface area contributed by atoms with Crippen LogP contribution in [-0.2, 0) is 16.0 Å². The first-order valence-corrected chi connectivity index (χ1v) is 8.78. The van der Waals surface area contributed by atoms with Gasteiger partial charge in [-0.05, 0) is 48.4 Å². The number of hydrogen-bond donors (Lipinski definition) is 2. The summed E-state index contributed by atoms with van der Waals surface area (Å²) >= 11 is 0. The van der Waals surface area contributed by atoms with Crippen molar-refractivity contribution in [2.45, 2.75) is 12.5 Å². The van der Waals surface area contributed by atoms with E-state index in [1.165, 1.54) is 12.7 Å². The molecule has 0 radical (unpaired) electrons. The molecule has 1 fully saturated rings. The summed E-state index contributed by atoms with van der Waals surface area (Å²) in [6.45, 7) is 0.993. The van der Waals surface area contributed by atoms with E-state index < -0.39 is 5.97 Å². The van der Waals surface area contributed by atoms with E-state index in [0.29, 0.717) is 18.8 Å². The van der Waals surface area contributed by atoms with Crippen molar-refractivity contribution in [2.75, 3.05) is 31.7 Å². The van der Waals surface area contributed by atoms with Gasteiger partial charge in [0.2, 0.25) is 0 Å². The average Bonchev–Trinajstić information content (AvgIpc) is 3.09. The molecule has 1 atom stereocenters. The van der Waals surface area contributed by atoms with Gasteiger partial charge in [0.1, 0.15) is 5.75 Å². The first kappa shape index (κ1) is 18.7. The molecule has 2 amide bonds. The van der Waals surface area contributed by atoms with Crippen LogP contribution in [0, 0.1) is 0 Å². The number of methoxy groups -OCH3 is 1. The number of ether oxygens (including phenoxy) is 2. The van der Waals surface area contributed by atoms with Gasteiger partial charge < -0.3 is 20.5 Å². The van der Waals surface area contributed by atoms with Gasteiger partial charge in [0.05, 0.1) is 13.2 Å². The van der Waals surface area contributed by atoms with Gasteiger partial charge in [0.25, 0.3) is 0 Å². The highest BCUT2D eigenvalue weighted by atomic mass is 16.6. The van der Waals surface area contributed by atoms with Gasteiger partial charge >= 0.3 is 12.0 Å². The molecule has 1 aliphatic rings. The molecule has 0 bridgehead atoms. The standard InChI is InChI=1S/C20H23N3O4/c1-26-19(24)13-27-17-8-6-16(7-9-17)23-18(12-22-20(23)25)15-4-2-14(3-5-15)10-11-21/h2-9,18H,10-13,21H2,1H3,(H,22,25). The van der Waals surface area contributed by atoms with E-state index in [1.54, 1.807) is 29.2 Å². The summed E-state index contributed by atoms with van der Waals surface area (Å²) in [5.41, 5.74) is 8.59. The molecule has 3 N–H and O–H groups in total. The van der Waals surface area contributed by atoms with Crippen LogP contribution in [0.15, 0.2) is 48.5 Å². The van der Waals surface area contributed by atoms with Gasteiger partial charge in [-0.2, -0.15) is 0 Å². The van der Waals surface area contributed by atoms with Crippen LogP contribution in [0.2, 0.25) is 0 Å². The van der Waals surface area contributed by atoms with Gasteiger partial charge in [-0.3, -0.25) is 4.90 Å². The number of amides is 2. The Bertz CT molecular complexity index is 790. The molecule has 0 aromatic heterocycles. The molecule has 1 unspecified atom stereocenters. The number of anilines is 1. The van der Waals surface area contributed by atoms with E-state index in [0.717, 1.165) is 17.7 Å². The molecule has 2 aromatic carbocycles. The van der Waals surface area contributed by atoms with Crippen LogP contribution in [0.3, 0.4) is 0 Å². The van der Waals surface area contributed by atoms with Crippen LogP contribution in [0.25, 0.3) is 0 Å². The predicted molar refractivity (Wildman–Crippen MR) is 102 cm³/mol. The van der Waals surface area contributed by atoms with Crippen LogP contribution in [-0.4, -0.2) is 38.8 Å². The zero-order chi connectivity index (χ0) is 19.2. The second kappa shape index (κ2) is 8.55. The molecule has 142 valence electrons. The lowest BCUT2D eigenvalue weighted by Gasteiger charge is -2.24. The molecular formula is C20H23N3O4. The molecule has 7 heteroatoms. The SMILES string of the molecule is COC(=O)COc1ccc(N2C(=O)NCC2c2ccc(CCN)cc2)cc1. The smallest absolute Gasteiger partial charge is 0.343 e. The van der Waals surface area contributed by atoms with Gasteiger partial charge in [-0.25, -0.2) is 9.59 Å². The van der Waals surface area contributed by atoms with E-state index in [-0.39, 0.29) is 18.7 Å². The average molecular weight is 369 g/mol. The minimum absolute atomic E-state index is 0.0914. The fourth-order valence-corrected chi connectivity index (χ4v) is 3.04. The molecule has 0 saturated carbocycles. The number of nitrogens with two attached hydrogens (primary N) is 1. The Labute approximate surface area is 158 Å². The van der Waals surface area contributed by atoms with E-state index in [9.17, 15) is 9.59 Å². The summed E-state index contributed by atoms with van der Waals surface area (Å²) in [4.78, 5) is 25.3. The lowest BCUT2D eigenvalue weighted by Crippen LogP contribution is -2.29. The second-order valence-corrected chi connectivity index (χ2v) is 6.21. The van der Waals surface area contributed by atoms with Crippen molar-refractivity contribution in [3.63, 3.8) is 0 Å². The number of benzene rings is 2. The lowest BCUT2D eigenvalue weighted by molar-refractivity contribution is -0.142. The van der Waals surface area contributed by atoms with E-state index >= 15 is 0 Å². The highest BCUT2D eigenvalue weighted by molar-refractivity contribution is 5.95. The van der Waals surface area contributed by atoms with Crippen molar-refractivity contribution in [2.24, 2.45) is 5.73 Å². The molecule has 1 saturated heterocycles. The van der Waals surface area contributed by atoms with E-state index in [2.05, 4.69) is 10.1 Å². The highest BCUT2D eigenvalue weighted by Crippen LogP contribution is 2.31. The summed E-state index contributed by atoms with van der Waals surface area (Å²) in [6.07, 6.45) is 0.832. The summed E-state index contributed by atoms with van der Waals surface area (Å²) in [5.74, 6) is 0.0857. The van der Waals surface area contributed by atoms with Crippen molar-refractivity contribution >= 4 is 17.7 Å². The third-order valence-corrected chi connectivity index (χ3v) is 4.47. The van der Waals surface area contributed by atoms with Crippen molar-refractivity contribution in [3.05, 3.63) is 59.7 Å². The number of urea groups is 1. The molecule has 0 aliphatic carbocycles. The van der Waals surface area contributed by atoms with Crippen molar-refractivity contribution in [1.29, 1.82) is 0 Å². The molecule has 0 spiro atoms. The highest BCUT2D eigenvalue weighted by Gasteiger charge is 2.33. The van der Waals surface area contributed by atoms with E-state index in [4.69, 9.17) is 10.5 Å². The number of carbonyl (C=O) groups excluding carboxylic acids is 2. The Balaban J connectivity index is 1.75. The van der Waals surface area contributed by atoms with Crippen LogP contribution in [0.4, 0.5) is 10.5 Å². The second-order valence-electron chi connectivity index (χ2n) is 6.21. The fourth-order valence-electron chi connectivity index (χ4n) is 3.04. The summed E-state index contributed by atoms with van der Waals surface area (Å²) in [6, 6.07) is 15.0. The summed E-state index contributed by atoms with van der Waals surface area (Å²) < 4.78 is 9.89. The third-order valence-electron chi connectivity index (χ3n) is 4.47. The summed E-state index contributed by atoms with van der Waals surface area (Å²) in [7, 11) is 1.31. The molecule has 27 heavy (non-hydrogen) atoms. The predicted octanol–water partition coefficient (Wildman–Crippen LogP) is 2.01. The number of carbonyl (C=O) groups is 2. The third kappa shape index (κ3) is 4.38. The minimum Gasteiger partial charge on any atom is -0.482 e. The Morgan fingerprint density at radius 3 is 2.52 bits per heavy atom. The van der Waals surface area contributed by atoms with Crippen molar-refractivity contribution in [1.82, 2.24) is 5.32 Å². The fraction of sp³-hybridized carbons (Fsp3) is 0.300. The number of nitrogens with one attached hydrogen (secondary N) is 1. The topological polar surface area (TPSA) is 93.9 Å². The molecule has 3 rings (SSSR count). The maximum absolute atomic E-state index is 12.4. The molecule has 2 aromatic rings. The normalized spacial score (nSPS) is 16.1. The number of rotatable bonds is 7. The Kier molecular flexibility index (Phi) is 5.93. The van der Waals surface area contributed by atoms with Gasteiger partial charge in [0.15, 0.2) is 6.61 Å². The molecule has 7 nitrogen and oxygen atoms in total. The lowest BCUT2D eigenvalue weighted by atomic mass is 10.0. The van der Waals surface area contributed by atoms with Crippen LogP contribution in [0.1, 0.15) is 17.2 Å². The molecular weight excluding hydrogens is 346 g/mol. The number of hydrogen-bond acceptors (Lipinski definition) is 5. The summed E-state index contributed by atoms with van der Waals surface area (Å²) in [5, 5.41) is 2.89. The monoisotopic (exact) mass is 369 g/mol. The van der Waals surface area contributed by atoms with Gasteiger partial charge in [-0.15, -0.1) is 0 Å². The van der Waals surface area contributed by atoms with Crippen LogP contribution < -0.4 is 20.7 Å². The van der Waals surface area contributed by atoms with Gasteiger partial charge in [-0.1, -0.05) is 24.3 Å². The van der Waals surface area contributed by atoms with Gasteiger partial charge in [0, 0.05) is 12.2 Å². The molecule has 1 aliphatic heterocycles. The largest absolute Gasteiger partial charge is 0.482 e. The quantitative estimate of drug-likeness (QED) is 0.728. The molecule has 1 heterocycles. The Morgan fingerprint density at radius 2 is 1.89 bits per heavy atom. The number of esters is 1. The van der Waals surface area contributed by atoms with E-state index in [1.807, 2.05) is 24.3 Å². The Hall–Kier alpha value is -3.06. The van der Waals surface area contributed by atoms with Crippen molar-refractivity contribution in [3.8, 4) is 5.75 Å². The first-order valence-electron chi connectivity index (χ1n) is 8.78. The van der Waals surface area contributed by atoms with Crippen LogP contribution >= 0.6 is 0 Å².